The fraction of sp³-hybridized carbons (Fsp3) is 0.0870. The van der Waals surface area contributed by atoms with Crippen molar-refractivity contribution >= 4 is 5.97 Å². The molecule has 0 radical (unpaired) electrons. The number of ether oxygens (including phenoxy) is 1. The van der Waals surface area contributed by atoms with E-state index in [2.05, 4.69) is 5.10 Å². The molecular formula is C23H20N3O2+. The zero-order valence-corrected chi connectivity index (χ0v) is 15.7. The monoisotopic (exact) mass is 370 g/mol. The van der Waals surface area contributed by atoms with Gasteiger partial charge in [0.05, 0.1) is 17.8 Å². The highest BCUT2D eigenvalue weighted by molar-refractivity contribution is 5.84. The van der Waals surface area contributed by atoms with E-state index in [0.717, 1.165) is 28.3 Å². The van der Waals surface area contributed by atoms with E-state index >= 15 is 0 Å². The number of esters is 1. The van der Waals surface area contributed by atoms with Gasteiger partial charge in [-0.25, -0.2) is 4.79 Å². The van der Waals surface area contributed by atoms with Gasteiger partial charge in [-0.15, -0.1) is 0 Å². The first-order valence-electron chi connectivity index (χ1n) is 9.00. The molecule has 1 heterocycles. The van der Waals surface area contributed by atoms with Crippen molar-refractivity contribution in [2.75, 3.05) is 7.11 Å². The van der Waals surface area contributed by atoms with Crippen LogP contribution >= 0.6 is 0 Å². The summed E-state index contributed by atoms with van der Waals surface area (Å²) in [7, 11) is 1.37. The lowest BCUT2D eigenvalue weighted by Gasteiger charge is -2.06. The number of methoxy groups -OCH3 is 1. The summed E-state index contributed by atoms with van der Waals surface area (Å²) in [4.78, 5) is 12.6. The molecule has 3 aromatic carbocycles. The molecule has 0 amide bonds. The van der Waals surface area contributed by atoms with Gasteiger partial charge in [-0.05, 0) is 43.3 Å². The summed E-state index contributed by atoms with van der Waals surface area (Å²) >= 11 is 0. The Morgan fingerprint density at radius 2 is 1.50 bits per heavy atom. The van der Waals surface area contributed by atoms with Gasteiger partial charge in [0.15, 0.2) is 0 Å². The molecule has 4 rings (SSSR count). The molecule has 1 aromatic heterocycles. The predicted molar refractivity (Wildman–Crippen MR) is 107 cm³/mol. The van der Waals surface area contributed by atoms with Crippen LogP contribution in [0, 0.1) is 6.92 Å². The van der Waals surface area contributed by atoms with Crippen molar-refractivity contribution in [2.45, 2.75) is 6.92 Å². The van der Waals surface area contributed by atoms with E-state index in [1.165, 1.54) is 7.11 Å². The fourth-order valence-electron chi connectivity index (χ4n) is 3.13. The molecule has 0 bridgehead atoms. The Bertz CT molecular complexity index is 1100. The third kappa shape index (κ3) is 3.18. The van der Waals surface area contributed by atoms with Gasteiger partial charge in [-0.3, -0.25) is 0 Å². The Labute approximate surface area is 163 Å². The number of aromatic nitrogens is 3. The molecule has 5 nitrogen and oxygen atoms in total. The lowest BCUT2D eigenvalue weighted by Crippen LogP contribution is -2.38. The first-order valence-corrected chi connectivity index (χ1v) is 9.00. The quantitative estimate of drug-likeness (QED) is 0.404. The second-order valence-corrected chi connectivity index (χ2v) is 6.42. The Hall–Kier alpha value is -3.73. The van der Waals surface area contributed by atoms with Crippen LogP contribution in [0.25, 0.3) is 22.8 Å². The van der Waals surface area contributed by atoms with E-state index in [4.69, 9.17) is 4.74 Å². The number of para-hydroxylation sites is 1. The largest absolute Gasteiger partial charge is 0.461 e. The van der Waals surface area contributed by atoms with Crippen molar-refractivity contribution in [3.63, 3.8) is 0 Å². The lowest BCUT2D eigenvalue weighted by molar-refractivity contribution is -0.587. The number of hydrogen-bond donors (Lipinski definition) is 0. The number of benzene rings is 3. The van der Waals surface area contributed by atoms with Gasteiger partial charge in [0, 0.05) is 0 Å². The standard InChI is InChI=1S/C23H20N3O2/c1-17-13-15-19(16-14-17)25-21(23(27)28-2)24-26(20-11-7-4-8-12-20)22(25)18-9-5-3-6-10-18/h3-16H,1-2H3/q+1. The molecule has 0 saturated carbocycles. The summed E-state index contributed by atoms with van der Waals surface area (Å²) in [6.07, 6.45) is 0. The van der Waals surface area contributed by atoms with Gasteiger partial charge >= 0.3 is 11.8 Å². The second-order valence-electron chi connectivity index (χ2n) is 6.42. The average molecular weight is 370 g/mol. The third-order valence-electron chi connectivity index (χ3n) is 4.51. The molecule has 5 heteroatoms. The molecular weight excluding hydrogens is 350 g/mol. The summed E-state index contributed by atoms with van der Waals surface area (Å²) in [5.41, 5.74) is 3.78. The summed E-state index contributed by atoms with van der Waals surface area (Å²) in [5.74, 6) is 0.498. The lowest BCUT2D eigenvalue weighted by atomic mass is 10.2. The zero-order chi connectivity index (χ0) is 19.5. The van der Waals surface area contributed by atoms with E-state index in [-0.39, 0.29) is 5.82 Å². The molecule has 28 heavy (non-hydrogen) atoms. The highest BCUT2D eigenvalue weighted by Gasteiger charge is 2.34. The van der Waals surface area contributed by atoms with Crippen molar-refractivity contribution in [1.82, 2.24) is 9.78 Å². The highest BCUT2D eigenvalue weighted by atomic mass is 16.5. The minimum atomic E-state index is -0.493. The van der Waals surface area contributed by atoms with Gasteiger partial charge in [0.1, 0.15) is 11.4 Å². The topological polar surface area (TPSA) is 48.0 Å². The zero-order valence-electron chi connectivity index (χ0n) is 15.7. The highest BCUT2D eigenvalue weighted by Crippen LogP contribution is 2.22. The third-order valence-corrected chi connectivity index (χ3v) is 4.51. The van der Waals surface area contributed by atoms with Crippen LogP contribution in [0.3, 0.4) is 0 Å². The molecule has 0 fully saturated rings. The van der Waals surface area contributed by atoms with Crippen molar-refractivity contribution in [3.05, 3.63) is 96.3 Å². The minimum absolute atomic E-state index is 0.217. The van der Waals surface area contributed by atoms with Crippen molar-refractivity contribution < 1.29 is 14.1 Å². The van der Waals surface area contributed by atoms with Gasteiger partial charge < -0.3 is 4.74 Å². The molecule has 0 aliphatic carbocycles. The van der Waals surface area contributed by atoms with Crippen LogP contribution in [0.1, 0.15) is 16.2 Å². The van der Waals surface area contributed by atoms with Gasteiger partial charge in [0.25, 0.3) is 5.82 Å². The number of aryl methyl sites for hydroxylation is 1. The van der Waals surface area contributed by atoms with Crippen molar-refractivity contribution in [3.8, 4) is 22.8 Å². The Morgan fingerprint density at radius 1 is 0.893 bits per heavy atom. The maximum atomic E-state index is 12.6. The van der Waals surface area contributed by atoms with Crippen LogP contribution in [0.15, 0.2) is 84.9 Å². The molecule has 0 unspecified atom stereocenters. The number of nitrogens with zero attached hydrogens (tertiary/aromatic N) is 3. The van der Waals surface area contributed by atoms with E-state index in [1.54, 1.807) is 4.68 Å². The summed E-state index contributed by atoms with van der Waals surface area (Å²) in [5, 5.41) is 4.63. The Balaban J connectivity index is 2.08. The number of hydrogen-bond acceptors (Lipinski definition) is 3. The van der Waals surface area contributed by atoms with E-state index in [9.17, 15) is 4.79 Å². The smallest absolute Gasteiger partial charge is 0.412 e. The van der Waals surface area contributed by atoms with E-state index < -0.39 is 5.97 Å². The summed E-state index contributed by atoms with van der Waals surface area (Å²) in [6, 6.07) is 27.6. The molecule has 138 valence electrons. The summed E-state index contributed by atoms with van der Waals surface area (Å²) < 4.78 is 8.65. The van der Waals surface area contributed by atoms with E-state index in [1.807, 2.05) is 96.4 Å². The maximum absolute atomic E-state index is 12.6. The Kier molecular flexibility index (Phi) is 4.72. The van der Waals surface area contributed by atoms with Crippen LogP contribution in [-0.4, -0.2) is 22.9 Å². The fourth-order valence-corrected chi connectivity index (χ4v) is 3.13. The molecule has 4 aromatic rings. The normalized spacial score (nSPS) is 10.6. The summed E-state index contributed by atoms with van der Waals surface area (Å²) in [6.45, 7) is 2.03. The molecule has 0 saturated heterocycles. The van der Waals surface area contributed by atoms with Crippen LogP contribution < -0.4 is 4.57 Å². The van der Waals surface area contributed by atoms with Crippen LogP contribution in [-0.2, 0) is 4.74 Å². The predicted octanol–water partition coefficient (Wildman–Crippen LogP) is 3.91. The van der Waals surface area contributed by atoms with Crippen molar-refractivity contribution in [1.29, 1.82) is 0 Å². The van der Waals surface area contributed by atoms with Crippen LogP contribution in [0.2, 0.25) is 0 Å². The average Bonchev–Trinajstić information content (AvgIpc) is 3.15. The van der Waals surface area contributed by atoms with Gasteiger partial charge in [0.2, 0.25) is 0 Å². The Morgan fingerprint density at radius 3 is 2.11 bits per heavy atom. The number of carbonyl (C=O) groups is 1. The van der Waals surface area contributed by atoms with Gasteiger partial charge in [-0.1, -0.05) is 58.8 Å². The SMILES string of the molecule is COC(=O)c1nn(-c2ccccc2)c(-c2ccccc2)[n+]1-c1ccc(C)cc1. The molecule has 0 N–H and O–H groups in total. The first kappa shape index (κ1) is 17.7. The first-order chi connectivity index (χ1) is 13.7. The molecule has 0 aliphatic rings. The van der Waals surface area contributed by atoms with Crippen molar-refractivity contribution in [2.24, 2.45) is 0 Å². The minimum Gasteiger partial charge on any atom is -0.461 e. The number of carbonyl (C=O) groups excluding carboxylic acids is 1. The number of rotatable bonds is 4. The van der Waals surface area contributed by atoms with Crippen LogP contribution in [0.5, 0.6) is 0 Å². The second kappa shape index (κ2) is 7.48. The van der Waals surface area contributed by atoms with E-state index in [0.29, 0.717) is 0 Å². The van der Waals surface area contributed by atoms with Gasteiger partial charge in [-0.2, -0.15) is 4.57 Å². The molecule has 0 spiro atoms. The van der Waals surface area contributed by atoms with Crippen LogP contribution in [0.4, 0.5) is 0 Å². The molecule has 0 aliphatic heterocycles. The maximum Gasteiger partial charge on any atom is 0.412 e. The molecule has 0 atom stereocenters.